The molecule has 0 spiro atoms. The lowest BCUT2D eigenvalue weighted by Crippen LogP contribution is -2.24. The average Bonchev–Trinajstić information content (AvgIpc) is 2.82. The van der Waals surface area contributed by atoms with Gasteiger partial charge < -0.3 is 10.6 Å². The van der Waals surface area contributed by atoms with Crippen LogP contribution >= 0.6 is 11.3 Å². The van der Waals surface area contributed by atoms with Crippen molar-refractivity contribution in [2.75, 3.05) is 12.4 Å². The molecule has 1 amide bonds. The van der Waals surface area contributed by atoms with Crippen molar-refractivity contribution in [3.8, 4) is 0 Å². The largest absolute Gasteiger partial charge is 0.371 e. The van der Waals surface area contributed by atoms with Crippen LogP contribution in [0.4, 0.5) is 10.2 Å². The zero-order valence-electron chi connectivity index (χ0n) is 10.5. The first-order valence-electron chi connectivity index (χ1n) is 5.63. The van der Waals surface area contributed by atoms with Crippen LogP contribution in [0.5, 0.6) is 0 Å². The molecule has 7 heteroatoms. The van der Waals surface area contributed by atoms with Gasteiger partial charge in [0.05, 0.1) is 12.1 Å². The molecule has 0 aliphatic rings. The maximum Gasteiger partial charge on any atom is 0.254 e. The van der Waals surface area contributed by atoms with Crippen LogP contribution in [0.3, 0.4) is 0 Å². The summed E-state index contributed by atoms with van der Waals surface area (Å²) >= 11 is 1.45. The molecule has 0 aromatic carbocycles. The number of carbonyl (C=O) groups excluding carboxylic acids is 1. The molecule has 5 nitrogen and oxygen atoms in total. The van der Waals surface area contributed by atoms with Crippen molar-refractivity contribution in [3.63, 3.8) is 0 Å². The smallest absolute Gasteiger partial charge is 0.254 e. The second kappa shape index (κ2) is 5.75. The molecule has 0 aliphatic carbocycles. The number of anilines is 1. The van der Waals surface area contributed by atoms with E-state index in [9.17, 15) is 9.18 Å². The first kappa shape index (κ1) is 13.4. The van der Waals surface area contributed by atoms with Crippen LogP contribution in [-0.4, -0.2) is 22.9 Å². The molecule has 0 atom stereocenters. The second-order valence-electron chi connectivity index (χ2n) is 3.84. The van der Waals surface area contributed by atoms with Crippen LogP contribution in [0.2, 0.25) is 0 Å². The first-order valence-corrected chi connectivity index (χ1v) is 6.51. The summed E-state index contributed by atoms with van der Waals surface area (Å²) in [6, 6.07) is 1.35. The van der Waals surface area contributed by atoms with Crippen LogP contribution < -0.4 is 10.6 Å². The number of aromatic nitrogens is 2. The zero-order chi connectivity index (χ0) is 13.8. The Bertz CT molecular complexity index is 599. The van der Waals surface area contributed by atoms with Crippen LogP contribution in [0, 0.1) is 12.7 Å². The molecule has 2 N–H and O–H groups in total. The minimum atomic E-state index is -0.655. The number of nitrogens with one attached hydrogen (secondary N) is 2. The lowest BCUT2D eigenvalue weighted by molar-refractivity contribution is 0.0946. The molecule has 0 saturated carbocycles. The van der Waals surface area contributed by atoms with Gasteiger partial charge in [-0.25, -0.2) is 14.4 Å². The standard InChI is InChI=1S/C12H13FN4OS/c1-7-6-19-9(17-7)5-16-12(18)8-3-4-15-11(14-2)10(8)13/h3-4,6H,5H2,1-2H3,(H,14,15)(H,16,18). The van der Waals surface area contributed by atoms with E-state index in [1.54, 1.807) is 7.05 Å². The molecular formula is C12H13FN4OS. The predicted octanol–water partition coefficient (Wildman–Crippen LogP) is 1.96. The monoisotopic (exact) mass is 280 g/mol. The molecule has 0 bridgehead atoms. The Balaban J connectivity index is 2.08. The van der Waals surface area contributed by atoms with Gasteiger partial charge in [-0.05, 0) is 13.0 Å². The molecule has 0 radical (unpaired) electrons. The maximum atomic E-state index is 13.9. The predicted molar refractivity (Wildman–Crippen MR) is 71.8 cm³/mol. The average molecular weight is 280 g/mol. The molecule has 2 rings (SSSR count). The van der Waals surface area contributed by atoms with Crippen LogP contribution in [0.25, 0.3) is 0 Å². The van der Waals surface area contributed by atoms with Crippen LogP contribution in [-0.2, 0) is 6.54 Å². The van der Waals surface area contributed by atoms with Gasteiger partial charge in [0.2, 0.25) is 0 Å². The van der Waals surface area contributed by atoms with Gasteiger partial charge in [0.1, 0.15) is 5.01 Å². The second-order valence-corrected chi connectivity index (χ2v) is 4.78. The Hall–Kier alpha value is -2.02. The van der Waals surface area contributed by atoms with E-state index in [0.717, 1.165) is 10.7 Å². The van der Waals surface area contributed by atoms with E-state index in [1.807, 2.05) is 12.3 Å². The Morgan fingerprint density at radius 3 is 2.95 bits per heavy atom. The highest BCUT2D eigenvalue weighted by atomic mass is 32.1. The van der Waals surface area contributed by atoms with E-state index in [2.05, 4.69) is 20.6 Å². The van der Waals surface area contributed by atoms with Crippen molar-refractivity contribution in [2.45, 2.75) is 13.5 Å². The van der Waals surface area contributed by atoms with Crippen molar-refractivity contribution >= 4 is 23.1 Å². The Kier molecular flexibility index (Phi) is 4.06. The van der Waals surface area contributed by atoms with E-state index < -0.39 is 11.7 Å². The summed E-state index contributed by atoms with van der Waals surface area (Å²) in [4.78, 5) is 19.9. The minimum absolute atomic E-state index is 0.0346. The van der Waals surface area contributed by atoms with Gasteiger partial charge in [0.25, 0.3) is 5.91 Å². The summed E-state index contributed by atoms with van der Waals surface area (Å²) < 4.78 is 13.9. The molecule has 2 aromatic rings. The maximum absolute atomic E-state index is 13.9. The molecule has 100 valence electrons. The van der Waals surface area contributed by atoms with Crippen molar-refractivity contribution in [2.24, 2.45) is 0 Å². The molecule has 2 heterocycles. The van der Waals surface area contributed by atoms with E-state index in [1.165, 1.54) is 23.6 Å². The fraction of sp³-hybridized carbons (Fsp3) is 0.250. The first-order chi connectivity index (χ1) is 9.11. The number of rotatable bonds is 4. The van der Waals surface area contributed by atoms with Gasteiger partial charge in [-0.2, -0.15) is 0 Å². The number of nitrogens with zero attached hydrogens (tertiary/aromatic N) is 2. The number of pyridine rings is 1. The van der Waals surface area contributed by atoms with Gasteiger partial charge in [0.15, 0.2) is 11.6 Å². The van der Waals surface area contributed by atoms with Gasteiger partial charge in [-0.3, -0.25) is 4.79 Å². The van der Waals surface area contributed by atoms with Crippen molar-refractivity contribution in [3.05, 3.63) is 39.7 Å². The third kappa shape index (κ3) is 3.05. The minimum Gasteiger partial charge on any atom is -0.371 e. The van der Waals surface area contributed by atoms with Gasteiger partial charge in [-0.1, -0.05) is 0 Å². The number of thiazole rings is 1. The Morgan fingerprint density at radius 1 is 1.53 bits per heavy atom. The van der Waals surface area contributed by atoms with E-state index >= 15 is 0 Å². The summed E-state index contributed by atoms with van der Waals surface area (Å²) in [7, 11) is 1.55. The van der Waals surface area contributed by atoms with Crippen molar-refractivity contribution in [1.82, 2.24) is 15.3 Å². The number of amides is 1. The molecule has 19 heavy (non-hydrogen) atoms. The normalized spacial score (nSPS) is 10.3. The van der Waals surface area contributed by atoms with Crippen molar-refractivity contribution < 1.29 is 9.18 Å². The fourth-order valence-electron chi connectivity index (χ4n) is 1.53. The van der Waals surface area contributed by atoms with E-state index in [4.69, 9.17) is 0 Å². The topological polar surface area (TPSA) is 66.9 Å². The van der Waals surface area contributed by atoms with Crippen LogP contribution in [0.1, 0.15) is 21.1 Å². The Labute approximate surface area is 113 Å². The summed E-state index contributed by atoms with van der Waals surface area (Å²) in [5, 5.41) is 7.91. The van der Waals surface area contributed by atoms with Gasteiger partial charge in [-0.15, -0.1) is 11.3 Å². The Morgan fingerprint density at radius 2 is 2.32 bits per heavy atom. The number of hydrogen-bond donors (Lipinski definition) is 2. The summed E-state index contributed by atoms with van der Waals surface area (Å²) in [5.74, 6) is -1.08. The number of halogens is 1. The summed E-state index contributed by atoms with van der Waals surface area (Å²) in [6.45, 7) is 2.16. The number of carbonyl (C=O) groups is 1. The highest BCUT2D eigenvalue weighted by molar-refractivity contribution is 7.09. The van der Waals surface area contributed by atoms with E-state index in [-0.39, 0.29) is 17.9 Å². The lowest BCUT2D eigenvalue weighted by atomic mass is 10.2. The van der Waals surface area contributed by atoms with Crippen molar-refractivity contribution in [1.29, 1.82) is 0 Å². The molecule has 2 aromatic heterocycles. The molecule has 0 fully saturated rings. The van der Waals surface area contributed by atoms with Gasteiger partial charge in [0, 0.05) is 24.3 Å². The molecular weight excluding hydrogens is 267 g/mol. The summed E-state index contributed by atoms with van der Waals surface area (Å²) in [5.41, 5.74) is 0.870. The van der Waals surface area contributed by atoms with Crippen LogP contribution in [0.15, 0.2) is 17.6 Å². The zero-order valence-corrected chi connectivity index (χ0v) is 11.3. The summed E-state index contributed by atoms with van der Waals surface area (Å²) in [6.07, 6.45) is 1.39. The molecule has 0 aliphatic heterocycles. The lowest BCUT2D eigenvalue weighted by Gasteiger charge is -2.07. The third-order valence-electron chi connectivity index (χ3n) is 2.44. The molecule has 0 unspecified atom stereocenters. The van der Waals surface area contributed by atoms with E-state index in [0.29, 0.717) is 0 Å². The number of aryl methyl sites for hydroxylation is 1. The van der Waals surface area contributed by atoms with Gasteiger partial charge >= 0.3 is 0 Å². The molecule has 0 saturated heterocycles. The highest BCUT2D eigenvalue weighted by Crippen LogP contribution is 2.14. The number of hydrogen-bond acceptors (Lipinski definition) is 5. The highest BCUT2D eigenvalue weighted by Gasteiger charge is 2.15. The quantitative estimate of drug-likeness (QED) is 0.898. The third-order valence-corrected chi connectivity index (χ3v) is 3.40. The fourth-order valence-corrected chi connectivity index (χ4v) is 2.24. The SMILES string of the molecule is CNc1nccc(C(=O)NCc2nc(C)cs2)c1F.